The van der Waals surface area contributed by atoms with Gasteiger partial charge in [-0.05, 0) is 87.2 Å². The number of rotatable bonds is 2. The molecule has 184 valence electrons. The Bertz CT molecular complexity index is 1190. The molecule has 0 saturated carbocycles. The lowest BCUT2D eigenvalue weighted by atomic mass is 10.00. The number of likely N-dealkylation sites (tertiary alicyclic amines) is 1. The first-order valence-electron chi connectivity index (χ1n) is 12.9. The van der Waals surface area contributed by atoms with Gasteiger partial charge in [-0.1, -0.05) is 0 Å². The molecule has 2 fully saturated rings. The predicted molar refractivity (Wildman–Crippen MR) is 136 cm³/mol. The van der Waals surface area contributed by atoms with E-state index in [4.69, 9.17) is 9.47 Å². The Kier molecular flexibility index (Phi) is 6.21. The van der Waals surface area contributed by atoms with Crippen LogP contribution in [0.15, 0.2) is 36.4 Å². The fourth-order valence-electron chi connectivity index (χ4n) is 5.63. The molecule has 6 rings (SSSR count). The number of ether oxygens (including phenoxy) is 2. The van der Waals surface area contributed by atoms with Gasteiger partial charge in [0.15, 0.2) is 0 Å². The van der Waals surface area contributed by atoms with E-state index < -0.39 is 6.09 Å². The summed E-state index contributed by atoms with van der Waals surface area (Å²) in [4.78, 5) is 17.4. The average molecular weight is 476 g/mol. The molecule has 2 N–H and O–H groups in total. The minimum Gasteiger partial charge on any atom is -0.494 e. The van der Waals surface area contributed by atoms with Gasteiger partial charge in [0, 0.05) is 42.3 Å². The van der Waals surface area contributed by atoms with E-state index >= 15 is 0 Å². The molecule has 0 radical (unpaired) electrons. The SMILES string of the molecule is O=C1NCCCOc2ccc3[nH]nc(c3c2)-c2cc(cc(N3CCC(N4CCCC4)CC3)c2)CO1. The van der Waals surface area contributed by atoms with Crippen LogP contribution in [-0.2, 0) is 11.3 Å². The van der Waals surface area contributed by atoms with Crippen molar-refractivity contribution < 1.29 is 14.3 Å². The number of carbonyl (C=O) groups excluding carboxylic acids is 1. The van der Waals surface area contributed by atoms with E-state index in [1.54, 1.807) is 0 Å². The van der Waals surface area contributed by atoms with Crippen molar-refractivity contribution in [3.8, 4) is 17.0 Å². The van der Waals surface area contributed by atoms with Crippen molar-refractivity contribution >= 4 is 22.7 Å². The van der Waals surface area contributed by atoms with Crippen molar-refractivity contribution in [1.29, 1.82) is 0 Å². The number of amides is 1. The molecular formula is C27H33N5O3. The number of H-pyrrole nitrogens is 1. The van der Waals surface area contributed by atoms with E-state index in [-0.39, 0.29) is 6.61 Å². The highest BCUT2D eigenvalue weighted by molar-refractivity contribution is 5.94. The summed E-state index contributed by atoms with van der Waals surface area (Å²) in [6.45, 7) is 5.82. The maximum absolute atomic E-state index is 12.2. The standard InChI is InChI=1S/C27H33N5O3/c33-27-28-8-3-13-34-23-4-5-25-24(17-23)26(30-29-25)20-14-19(18-35-27)15-22(16-20)32-11-6-21(7-12-32)31-9-1-2-10-31/h4-5,14-17,21H,1-3,6-13,18H2,(H,28,33)(H,29,30). The van der Waals surface area contributed by atoms with Crippen molar-refractivity contribution in [3.63, 3.8) is 0 Å². The molecular weight excluding hydrogens is 442 g/mol. The Balaban J connectivity index is 1.33. The first-order chi connectivity index (χ1) is 17.2. The minimum atomic E-state index is -0.402. The van der Waals surface area contributed by atoms with Crippen molar-refractivity contribution in [2.75, 3.05) is 44.2 Å². The van der Waals surface area contributed by atoms with Crippen LogP contribution < -0.4 is 15.0 Å². The van der Waals surface area contributed by atoms with Crippen LogP contribution in [0.4, 0.5) is 10.5 Å². The summed E-state index contributed by atoms with van der Waals surface area (Å²) >= 11 is 0. The van der Waals surface area contributed by atoms with Gasteiger partial charge in [-0.3, -0.25) is 5.10 Å². The van der Waals surface area contributed by atoms with Gasteiger partial charge in [0.25, 0.3) is 0 Å². The van der Waals surface area contributed by atoms with Crippen molar-refractivity contribution in [3.05, 3.63) is 42.0 Å². The third kappa shape index (κ3) is 4.80. The van der Waals surface area contributed by atoms with Gasteiger partial charge >= 0.3 is 6.09 Å². The van der Waals surface area contributed by atoms with Gasteiger partial charge in [-0.25, -0.2) is 4.79 Å². The van der Waals surface area contributed by atoms with Gasteiger partial charge in [-0.15, -0.1) is 0 Å². The molecule has 35 heavy (non-hydrogen) atoms. The zero-order valence-corrected chi connectivity index (χ0v) is 20.1. The highest BCUT2D eigenvalue weighted by Crippen LogP contribution is 2.34. The second-order valence-corrected chi connectivity index (χ2v) is 9.83. The number of carbonyl (C=O) groups is 1. The van der Waals surface area contributed by atoms with Crippen molar-refractivity contribution in [2.24, 2.45) is 0 Å². The lowest BCUT2D eigenvalue weighted by Crippen LogP contribution is -2.43. The number of cyclic esters (lactones) is 1. The van der Waals surface area contributed by atoms with Gasteiger partial charge in [0.2, 0.25) is 0 Å². The molecule has 4 bridgehead atoms. The van der Waals surface area contributed by atoms with E-state index in [1.165, 1.54) is 38.8 Å². The van der Waals surface area contributed by atoms with Crippen LogP contribution in [0.25, 0.3) is 22.2 Å². The smallest absolute Gasteiger partial charge is 0.407 e. The first-order valence-corrected chi connectivity index (χ1v) is 12.9. The molecule has 2 saturated heterocycles. The highest BCUT2D eigenvalue weighted by Gasteiger charge is 2.27. The van der Waals surface area contributed by atoms with Crippen LogP contribution in [0.3, 0.4) is 0 Å². The molecule has 2 aromatic carbocycles. The van der Waals surface area contributed by atoms with Crippen LogP contribution >= 0.6 is 0 Å². The summed E-state index contributed by atoms with van der Waals surface area (Å²) in [5.41, 5.74) is 5.01. The molecule has 0 unspecified atom stereocenters. The number of anilines is 1. The first kappa shape index (κ1) is 22.2. The Morgan fingerprint density at radius 2 is 1.80 bits per heavy atom. The fourth-order valence-corrected chi connectivity index (χ4v) is 5.63. The predicted octanol–water partition coefficient (Wildman–Crippen LogP) is 4.30. The number of benzene rings is 2. The lowest BCUT2D eigenvalue weighted by molar-refractivity contribution is 0.139. The van der Waals surface area contributed by atoms with E-state index in [2.05, 4.69) is 49.6 Å². The number of alkyl carbamates (subject to hydrolysis) is 1. The van der Waals surface area contributed by atoms with E-state index in [0.29, 0.717) is 25.6 Å². The molecule has 0 aliphatic carbocycles. The molecule has 3 aliphatic heterocycles. The zero-order chi connectivity index (χ0) is 23.6. The van der Waals surface area contributed by atoms with E-state index in [9.17, 15) is 4.79 Å². The largest absolute Gasteiger partial charge is 0.494 e. The number of hydrogen-bond donors (Lipinski definition) is 2. The highest BCUT2D eigenvalue weighted by atomic mass is 16.5. The van der Waals surface area contributed by atoms with Crippen molar-refractivity contribution in [2.45, 2.75) is 44.8 Å². The molecule has 8 nitrogen and oxygen atoms in total. The molecule has 3 aliphatic rings. The summed E-state index contributed by atoms with van der Waals surface area (Å²) in [6, 6.07) is 13.2. The number of hydrogen-bond acceptors (Lipinski definition) is 6. The molecule has 4 heterocycles. The second kappa shape index (κ2) is 9.77. The summed E-state index contributed by atoms with van der Waals surface area (Å²) in [5, 5.41) is 11.7. The summed E-state index contributed by atoms with van der Waals surface area (Å²) in [6.07, 6.45) is 5.35. The van der Waals surface area contributed by atoms with Crippen LogP contribution in [0.1, 0.15) is 37.7 Å². The number of aromatic amines is 1. The van der Waals surface area contributed by atoms with Gasteiger partial charge in [-0.2, -0.15) is 5.10 Å². The number of fused-ring (bicyclic) bond motifs is 4. The quantitative estimate of drug-likeness (QED) is 0.575. The average Bonchev–Trinajstić information content (AvgIpc) is 3.57. The summed E-state index contributed by atoms with van der Waals surface area (Å²) < 4.78 is 11.5. The minimum absolute atomic E-state index is 0.223. The zero-order valence-electron chi connectivity index (χ0n) is 20.1. The van der Waals surface area contributed by atoms with Crippen LogP contribution in [0, 0.1) is 0 Å². The topological polar surface area (TPSA) is 82.7 Å². The molecule has 3 aromatic rings. The Morgan fingerprint density at radius 1 is 0.943 bits per heavy atom. The molecule has 8 heteroatoms. The number of piperidine rings is 1. The summed E-state index contributed by atoms with van der Waals surface area (Å²) in [7, 11) is 0. The van der Waals surface area contributed by atoms with E-state index in [0.717, 1.165) is 52.3 Å². The maximum atomic E-state index is 12.2. The van der Waals surface area contributed by atoms with Crippen LogP contribution in [0.5, 0.6) is 5.75 Å². The fraction of sp³-hybridized carbons (Fsp3) is 0.481. The lowest BCUT2D eigenvalue weighted by Gasteiger charge is -2.38. The monoisotopic (exact) mass is 475 g/mol. The van der Waals surface area contributed by atoms with Gasteiger partial charge in [0.05, 0.1) is 12.1 Å². The Morgan fingerprint density at radius 3 is 2.66 bits per heavy atom. The van der Waals surface area contributed by atoms with Crippen LogP contribution in [0.2, 0.25) is 0 Å². The van der Waals surface area contributed by atoms with Gasteiger partial charge < -0.3 is 24.6 Å². The number of nitrogens with one attached hydrogen (secondary N) is 2. The third-order valence-electron chi connectivity index (χ3n) is 7.50. The third-order valence-corrected chi connectivity index (χ3v) is 7.50. The normalized spacial score (nSPS) is 20.2. The van der Waals surface area contributed by atoms with Crippen LogP contribution in [-0.4, -0.2) is 66.6 Å². The Hall–Kier alpha value is -3.26. The maximum Gasteiger partial charge on any atom is 0.407 e. The van der Waals surface area contributed by atoms with E-state index in [1.807, 2.05) is 12.1 Å². The summed E-state index contributed by atoms with van der Waals surface area (Å²) in [5.74, 6) is 0.804. The number of nitrogens with zero attached hydrogens (tertiary/aromatic N) is 3. The molecule has 0 atom stereocenters. The second-order valence-electron chi connectivity index (χ2n) is 9.83. The molecule has 0 spiro atoms. The Labute approximate surface area is 205 Å². The van der Waals surface area contributed by atoms with Crippen molar-refractivity contribution in [1.82, 2.24) is 20.4 Å². The number of aromatic nitrogens is 2. The molecule has 1 aromatic heterocycles. The van der Waals surface area contributed by atoms with Gasteiger partial charge in [0.1, 0.15) is 18.1 Å². The molecule has 1 amide bonds.